The second-order valence-corrected chi connectivity index (χ2v) is 8.76. The average Bonchev–Trinajstić information content (AvgIpc) is 2.83. The summed E-state index contributed by atoms with van der Waals surface area (Å²) in [6, 6.07) is 0. The number of Topliss-reactive ketones (excluding diaryl/α,β-unsaturated/α-hetero) is 4. The van der Waals surface area contributed by atoms with E-state index < -0.39 is 49.6 Å². The SMILES string of the molecule is CCCCC(=O)CC(=O)[O-].CCCCC(=O)CC(=O)[O-].CCCCC(=O)CC(=O)[O-].CCCCC(=O)CC(=O)[O-].[Zr+4].[Zr+4]. The molecule has 0 saturated carbocycles. The summed E-state index contributed by atoms with van der Waals surface area (Å²) in [5, 5.41) is 39.4. The molecule has 0 bridgehead atoms. The third kappa shape index (κ3) is 58.1. The minimum absolute atomic E-state index is 0. The number of aliphatic carboxylic acids is 4. The van der Waals surface area contributed by atoms with E-state index in [-0.39, 0.29) is 75.5 Å². The van der Waals surface area contributed by atoms with Gasteiger partial charge in [-0.15, -0.1) is 0 Å². The number of hydrogen-bond acceptors (Lipinski definition) is 12. The van der Waals surface area contributed by atoms with Crippen LogP contribution in [0, 0.1) is 0 Å². The van der Waals surface area contributed by atoms with Crippen LogP contribution in [0.4, 0.5) is 0 Å². The van der Waals surface area contributed by atoms with Crippen LogP contribution in [-0.4, -0.2) is 47.0 Å². The van der Waals surface area contributed by atoms with Crippen LogP contribution in [0.25, 0.3) is 0 Å². The van der Waals surface area contributed by atoms with Crippen LogP contribution in [0.2, 0.25) is 0 Å². The summed E-state index contributed by atoms with van der Waals surface area (Å²) >= 11 is 0. The molecule has 0 N–H and O–H groups in total. The topological polar surface area (TPSA) is 229 Å². The molecule has 0 fully saturated rings. The first-order valence-electron chi connectivity index (χ1n) is 13.5. The molecule has 0 unspecified atom stereocenters. The molecule has 0 aromatic rings. The molecule has 0 aliphatic carbocycles. The summed E-state index contributed by atoms with van der Waals surface area (Å²) in [5.74, 6) is -6.04. The van der Waals surface area contributed by atoms with Crippen molar-refractivity contribution in [2.75, 3.05) is 0 Å². The number of carboxylic acids is 4. The Morgan fingerprint density at radius 1 is 0.357 bits per heavy atom. The van der Waals surface area contributed by atoms with Gasteiger partial charge in [0.1, 0.15) is 23.1 Å². The Kier molecular flexibility index (Phi) is 49.6. The summed E-state index contributed by atoms with van der Waals surface area (Å²) in [6.07, 6.45) is 6.48. The number of carbonyl (C=O) groups excluding carboxylic acids is 8. The maximum atomic E-state index is 10.6. The van der Waals surface area contributed by atoms with Gasteiger partial charge < -0.3 is 39.6 Å². The minimum Gasteiger partial charge on any atom is -0.550 e. The molecule has 0 rings (SSSR count). The van der Waals surface area contributed by atoms with Crippen molar-refractivity contribution in [2.24, 2.45) is 0 Å². The van der Waals surface area contributed by atoms with E-state index in [1.165, 1.54) is 0 Å². The zero-order valence-corrected chi connectivity index (χ0v) is 30.1. The van der Waals surface area contributed by atoms with Crippen LogP contribution in [0.15, 0.2) is 0 Å². The summed E-state index contributed by atoms with van der Waals surface area (Å²) in [5.41, 5.74) is 0. The van der Waals surface area contributed by atoms with Gasteiger partial charge >= 0.3 is 52.4 Å². The van der Waals surface area contributed by atoms with E-state index in [0.29, 0.717) is 25.7 Å². The minimum atomic E-state index is -1.28. The van der Waals surface area contributed by atoms with Crippen LogP contribution in [0.1, 0.15) is 130 Å². The molecule has 0 heterocycles. The van der Waals surface area contributed by atoms with Gasteiger partial charge in [0, 0.05) is 75.2 Å². The first kappa shape index (κ1) is 52.9. The fraction of sp³-hybridized carbons (Fsp3) is 0.714. The van der Waals surface area contributed by atoms with E-state index in [1.807, 2.05) is 27.7 Å². The van der Waals surface area contributed by atoms with E-state index in [1.54, 1.807) is 0 Å². The standard InChI is InChI=1S/4C7H12O3.2Zr/c4*1-2-3-4-6(8)5-7(9)10;;/h4*2-5H2,1H3,(H,9,10);;/q;;;;2*+4/p-4. The van der Waals surface area contributed by atoms with Crippen molar-refractivity contribution < 1.29 is 111 Å². The molecule has 0 radical (unpaired) electrons. The molecule has 0 aromatic heterocycles. The summed E-state index contributed by atoms with van der Waals surface area (Å²) < 4.78 is 0. The van der Waals surface area contributed by atoms with Crippen molar-refractivity contribution in [1.82, 2.24) is 0 Å². The van der Waals surface area contributed by atoms with Gasteiger partial charge in [0.15, 0.2) is 0 Å². The largest absolute Gasteiger partial charge is 4.00 e. The molecular formula is C28H44O12Zr2+4. The first-order chi connectivity index (χ1) is 18.7. The Bertz CT molecular complexity index is 655. The Labute approximate surface area is 287 Å². The normalized spacial score (nSPS) is 8.86. The van der Waals surface area contributed by atoms with E-state index in [2.05, 4.69) is 0 Å². The van der Waals surface area contributed by atoms with Gasteiger partial charge in [-0.1, -0.05) is 53.4 Å². The Hall–Kier alpha value is -1.67. The summed E-state index contributed by atoms with van der Waals surface area (Å²) in [7, 11) is 0. The number of hydrogen-bond donors (Lipinski definition) is 0. The van der Waals surface area contributed by atoms with Gasteiger partial charge in [-0.3, -0.25) is 19.2 Å². The number of carboxylic acid groups (broad SMARTS) is 4. The van der Waals surface area contributed by atoms with E-state index >= 15 is 0 Å². The number of unbranched alkanes of at least 4 members (excludes halogenated alkanes) is 4. The van der Waals surface area contributed by atoms with Crippen LogP contribution < -0.4 is 20.4 Å². The van der Waals surface area contributed by atoms with Crippen molar-refractivity contribution in [3.05, 3.63) is 0 Å². The fourth-order valence-electron chi connectivity index (χ4n) is 2.49. The molecule has 14 heteroatoms. The van der Waals surface area contributed by atoms with Crippen molar-refractivity contribution in [1.29, 1.82) is 0 Å². The molecule has 0 aliphatic rings. The quantitative estimate of drug-likeness (QED) is 0.144. The van der Waals surface area contributed by atoms with Crippen molar-refractivity contribution in [3.63, 3.8) is 0 Å². The third-order valence-corrected chi connectivity index (χ3v) is 4.60. The second-order valence-electron chi connectivity index (χ2n) is 8.76. The predicted octanol–water partition coefficient (Wildman–Crippen LogP) is -0.462. The van der Waals surface area contributed by atoms with Gasteiger partial charge in [-0.2, -0.15) is 0 Å². The molecule has 0 amide bonds. The molecule has 0 spiro atoms. The van der Waals surface area contributed by atoms with E-state index in [4.69, 9.17) is 0 Å². The molecule has 42 heavy (non-hydrogen) atoms. The fourth-order valence-corrected chi connectivity index (χ4v) is 2.49. The van der Waals surface area contributed by atoms with Crippen LogP contribution >= 0.6 is 0 Å². The van der Waals surface area contributed by atoms with Gasteiger partial charge in [0.25, 0.3) is 0 Å². The maximum Gasteiger partial charge on any atom is 4.00 e. The van der Waals surface area contributed by atoms with E-state index in [0.717, 1.165) is 51.4 Å². The van der Waals surface area contributed by atoms with Gasteiger partial charge in [0.05, 0.1) is 0 Å². The first-order valence-corrected chi connectivity index (χ1v) is 13.5. The summed E-state index contributed by atoms with van der Waals surface area (Å²) in [6.45, 7) is 7.80. The molecule has 12 nitrogen and oxygen atoms in total. The Morgan fingerprint density at radius 2 is 0.500 bits per heavy atom. The monoisotopic (exact) mass is 752 g/mol. The Morgan fingerprint density at radius 3 is 0.595 bits per heavy atom. The predicted molar refractivity (Wildman–Crippen MR) is 137 cm³/mol. The molecule has 0 aromatic carbocycles. The Balaban J connectivity index is -0.000000101. The van der Waals surface area contributed by atoms with Crippen molar-refractivity contribution >= 4 is 47.0 Å². The summed E-state index contributed by atoms with van der Waals surface area (Å²) in [4.78, 5) is 81.7. The number of ketones is 4. The number of rotatable bonds is 20. The third-order valence-electron chi connectivity index (χ3n) is 4.60. The molecule has 0 saturated heterocycles. The molecule has 232 valence electrons. The second kappa shape index (κ2) is 39.3. The maximum absolute atomic E-state index is 10.6. The zero-order chi connectivity index (χ0) is 31.9. The molecular weight excluding hydrogens is 711 g/mol. The smallest absolute Gasteiger partial charge is 0.550 e. The number of carbonyl (C=O) groups is 8. The van der Waals surface area contributed by atoms with E-state index in [9.17, 15) is 58.8 Å². The van der Waals surface area contributed by atoms with Crippen LogP contribution in [0.5, 0.6) is 0 Å². The average molecular weight is 755 g/mol. The van der Waals surface area contributed by atoms with Gasteiger partial charge in [-0.25, -0.2) is 0 Å². The van der Waals surface area contributed by atoms with Crippen LogP contribution in [-0.2, 0) is 90.8 Å². The molecule has 0 aliphatic heterocycles. The van der Waals surface area contributed by atoms with Gasteiger partial charge in [-0.05, 0) is 25.7 Å². The van der Waals surface area contributed by atoms with Crippen molar-refractivity contribution in [2.45, 2.75) is 130 Å². The van der Waals surface area contributed by atoms with Gasteiger partial charge in [0.2, 0.25) is 0 Å². The molecule has 0 atom stereocenters. The van der Waals surface area contributed by atoms with Crippen molar-refractivity contribution in [3.8, 4) is 0 Å². The van der Waals surface area contributed by atoms with Crippen LogP contribution in [0.3, 0.4) is 0 Å². The zero-order valence-electron chi connectivity index (χ0n) is 25.2.